The number of nitrogens with two attached hydrogens (primary N) is 1. The Hall–Kier alpha value is -4.21. The topological polar surface area (TPSA) is 140 Å². The molecular weight excluding hydrogens is 665 g/mol. The Morgan fingerprint density at radius 1 is 1.06 bits per heavy atom. The van der Waals surface area contributed by atoms with E-state index in [2.05, 4.69) is 13.2 Å². The van der Waals surface area contributed by atoms with E-state index in [0.717, 1.165) is 40.5 Å². The van der Waals surface area contributed by atoms with Gasteiger partial charge in [-0.25, -0.2) is 12.7 Å². The van der Waals surface area contributed by atoms with Crippen molar-refractivity contribution in [1.82, 2.24) is 14.3 Å². The molecule has 0 unspecified atom stereocenters. The molecule has 1 aliphatic rings. The van der Waals surface area contributed by atoms with Crippen LogP contribution in [0.5, 0.6) is 0 Å². The molecule has 1 heterocycles. The first-order chi connectivity index (χ1) is 23.0. The molecule has 0 aliphatic carbocycles. The zero-order chi connectivity index (χ0) is 36.6. The third kappa shape index (κ3) is 9.70. The number of carbonyl (C=O) groups is 3. The maximum Gasteiger partial charge on any atom is 0.416 e. The number of alkyl halides is 3. The summed E-state index contributed by atoms with van der Waals surface area (Å²) in [7, 11) is -2.19. The molecule has 268 valence electrons. The second kappa shape index (κ2) is 16.5. The molecule has 1 saturated heterocycles. The lowest BCUT2D eigenvalue weighted by Gasteiger charge is -2.44. The molecule has 2 aromatic rings. The fourth-order valence-electron chi connectivity index (χ4n) is 5.29. The van der Waals surface area contributed by atoms with E-state index < -0.39 is 39.1 Å². The molecule has 0 saturated carbocycles. The first-order valence-electron chi connectivity index (χ1n) is 15.7. The summed E-state index contributed by atoms with van der Waals surface area (Å²) in [5.74, 6) is -2.27. The average molecular weight is 709 g/mol. The summed E-state index contributed by atoms with van der Waals surface area (Å²) in [6, 6.07) is 8.48. The highest BCUT2D eigenvalue weighted by Gasteiger charge is 2.51. The Morgan fingerprint density at radius 3 is 2.20 bits per heavy atom. The summed E-state index contributed by atoms with van der Waals surface area (Å²) in [5, 5.41) is 0.728. The molecule has 0 atom stereocenters. The van der Waals surface area contributed by atoms with E-state index in [1.165, 1.54) is 9.21 Å². The van der Waals surface area contributed by atoms with E-state index in [9.17, 15) is 36.0 Å². The first kappa shape index (κ1) is 39.2. The van der Waals surface area contributed by atoms with Crippen molar-refractivity contribution in [3.63, 3.8) is 0 Å². The lowest BCUT2D eigenvalue weighted by molar-refractivity contribution is -0.178. The van der Waals surface area contributed by atoms with Gasteiger partial charge in [0.15, 0.2) is 5.54 Å². The molecule has 11 nitrogen and oxygen atoms in total. The van der Waals surface area contributed by atoms with Gasteiger partial charge in [0.05, 0.1) is 24.5 Å². The summed E-state index contributed by atoms with van der Waals surface area (Å²) < 4.78 is 72.8. The van der Waals surface area contributed by atoms with Gasteiger partial charge >= 0.3 is 6.18 Å². The van der Waals surface area contributed by atoms with Gasteiger partial charge in [-0.05, 0) is 73.7 Å². The summed E-state index contributed by atoms with van der Waals surface area (Å²) in [6.07, 6.45) is -3.07. The van der Waals surface area contributed by atoms with Crippen LogP contribution < -0.4 is 5.73 Å². The van der Waals surface area contributed by atoms with Crippen molar-refractivity contribution in [3.8, 4) is 0 Å². The SMILES string of the molecule is C=CCOCCN(C)C(=O)c1ccc(CCS(=O)(=O)N2CCC(C(N)=O)(N(OC(=C)CC)C(=O)c3ccc(C(F)(F)F)cc3)CC2)c(C)c1. The predicted octanol–water partition coefficient (Wildman–Crippen LogP) is 4.48. The molecule has 0 bridgehead atoms. The molecule has 0 aromatic heterocycles. The normalized spacial score (nSPS) is 14.9. The molecule has 1 aliphatic heterocycles. The van der Waals surface area contributed by atoms with Crippen LogP contribution >= 0.6 is 0 Å². The van der Waals surface area contributed by atoms with Gasteiger partial charge in [-0.1, -0.05) is 25.6 Å². The Labute approximate surface area is 285 Å². The van der Waals surface area contributed by atoms with Gasteiger partial charge in [-0.3, -0.25) is 14.4 Å². The highest BCUT2D eigenvalue weighted by Crippen LogP contribution is 2.34. The zero-order valence-electron chi connectivity index (χ0n) is 27.9. The number of likely N-dealkylation sites (N-methyl/N-ethyl adjacent to an activating group) is 1. The molecule has 3 amide bonds. The van der Waals surface area contributed by atoms with Crippen LogP contribution in [0.15, 0.2) is 67.5 Å². The lowest BCUT2D eigenvalue weighted by atomic mass is 9.86. The minimum atomic E-state index is -4.62. The van der Waals surface area contributed by atoms with Crippen molar-refractivity contribution in [1.29, 1.82) is 0 Å². The molecule has 0 radical (unpaired) electrons. The van der Waals surface area contributed by atoms with Crippen LogP contribution in [0.25, 0.3) is 0 Å². The van der Waals surface area contributed by atoms with E-state index in [-0.39, 0.29) is 61.8 Å². The van der Waals surface area contributed by atoms with Gasteiger partial charge in [0.1, 0.15) is 5.76 Å². The third-order valence-electron chi connectivity index (χ3n) is 8.42. The minimum Gasteiger partial charge on any atom is -0.381 e. The minimum absolute atomic E-state index is 0.0863. The second-order valence-corrected chi connectivity index (χ2v) is 13.8. The number of allylic oxidation sites excluding steroid dienone is 1. The lowest BCUT2D eigenvalue weighted by Crippen LogP contribution is -2.64. The Bertz CT molecular complexity index is 1640. The largest absolute Gasteiger partial charge is 0.416 e. The van der Waals surface area contributed by atoms with Crippen LogP contribution in [0.2, 0.25) is 0 Å². The standard InChI is InChI=1S/C34H43F3N4O7S/c1-6-20-47-21-19-39(5)30(42)28-9-8-26(24(3)23-28)14-22-49(45,46)40-17-15-33(16-18-40,32(38)44)41(48-25(4)7-2)31(43)27-10-12-29(13-11-27)34(35,36)37/h6,8-13,23H,1,4,7,14-22H2,2-3,5H3,(H2,38,44). The van der Waals surface area contributed by atoms with Crippen molar-refractivity contribution in [3.05, 3.63) is 95.3 Å². The van der Waals surface area contributed by atoms with Crippen LogP contribution in [0.4, 0.5) is 13.2 Å². The van der Waals surface area contributed by atoms with Crippen molar-refractivity contribution < 1.29 is 45.5 Å². The molecule has 2 aromatic carbocycles. The van der Waals surface area contributed by atoms with Crippen molar-refractivity contribution in [2.75, 3.05) is 45.6 Å². The van der Waals surface area contributed by atoms with E-state index in [0.29, 0.717) is 25.3 Å². The summed E-state index contributed by atoms with van der Waals surface area (Å²) in [4.78, 5) is 46.6. The van der Waals surface area contributed by atoms with E-state index in [1.54, 1.807) is 45.2 Å². The summed E-state index contributed by atoms with van der Waals surface area (Å²) in [6.45, 7) is 11.5. The predicted molar refractivity (Wildman–Crippen MR) is 178 cm³/mol. The Morgan fingerprint density at radius 2 is 1.67 bits per heavy atom. The average Bonchev–Trinajstić information content (AvgIpc) is 3.07. The molecule has 2 N–H and O–H groups in total. The van der Waals surface area contributed by atoms with Crippen LogP contribution in [-0.4, -0.2) is 91.6 Å². The first-order valence-corrected chi connectivity index (χ1v) is 17.3. The van der Waals surface area contributed by atoms with Crippen molar-refractivity contribution >= 4 is 27.7 Å². The fraction of sp³-hybridized carbons (Fsp3) is 0.441. The smallest absolute Gasteiger partial charge is 0.381 e. The highest BCUT2D eigenvalue weighted by molar-refractivity contribution is 7.89. The van der Waals surface area contributed by atoms with Gasteiger partial charge < -0.3 is 20.2 Å². The van der Waals surface area contributed by atoms with Crippen molar-refractivity contribution in [2.45, 2.75) is 51.2 Å². The molecule has 49 heavy (non-hydrogen) atoms. The van der Waals surface area contributed by atoms with Gasteiger partial charge in [-0.15, -0.1) is 6.58 Å². The van der Waals surface area contributed by atoms with E-state index in [4.69, 9.17) is 15.3 Å². The number of hydroxylamine groups is 2. The number of amides is 3. The highest BCUT2D eigenvalue weighted by atomic mass is 32.2. The maximum absolute atomic E-state index is 13.6. The molecule has 1 fully saturated rings. The van der Waals surface area contributed by atoms with Gasteiger partial charge in [0, 0.05) is 44.2 Å². The molecule has 0 spiro atoms. The number of nitrogens with zero attached hydrogens (tertiary/aromatic N) is 3. The summed E-state index contributed by atoms with van der Waals surface area (Å²) in [5.41, 5.74) is 4.78. The van der Waals surface area contributed by atoms with Gasteiger partial charge in [0.25, 0.3) is 11.8 Å². The van der Waals surface area contributed by atoms with Crippen molar-refractivity contribution in [2.24, 2.45) is 5.73 Å². The monoisotopic (exact) mass is 708 g/mol. The van der Waals surface area contributed by atoms with E-state index >= 15 is 0 Å². The number of aryl methyl sites for hydroxylation is 2. The number of hydrogen-bond donors (Lipinski definition) is 1. The maximum atomic E-state index is 13.6. The van der Waals surface area contributed by atoms with E-state index in [1.807, 2.05) is 0 Å². The quantitative estimate of drug-likeness (QED) is 0.117. The number of benzene rings is 2. The fourth-order valence-corrected chi connectivity index (χ4v) is 6.76. The Kier molecular flexibility index (Phi) is 13.2. The number of ether oxygens (including phenoxy) is 1. The van der Waals surface area contributed by atoms with Crippen LogP contribution in [0, 0.1) is 6.92 Å². The number of rotatable bonds is 16. The van der Waals surface area contributed by atoms with Crippen LogP contribution in [0.1, 0.15) is 63.6 Å². The van der Waals surface area contributed by atoms with Gasteiger partial charge in [-0.2, -0.15) is 18.2 Å². The summed E-state index contributed by atoms with van der Waals surface area (Å²) >= 11 is 0. The zero-order valence-corrected chi connectivity index (χ0v) is 28.7. The number of carbonyl (C=O) groups excluding carboxylic acids is 3. The van der Waals surface area contributed by atoms with Crippen LogP contribution in [0.3, 0.4) is 0 Å². The molecule has 15 heteroatoms. The number of primary amides is 1. The number of halogens is 3. The van der Waals surface area contributed by atoms with Crippen LogP contribution in [-0.2, 0) is 37.0 Å². The Balaban J connectivity index is 1.73. The number of hydrogen-bond acceptors (Lipinski definition) is 7. The molecular formula is C34H43F3N4O7S. The number of sulfonamides is 1. The number of piperidine rings is 1. The second-order valence-electron chi connectivity index (χ2n) is 11.8. The van der Waals surface area contributed by atoms with Gasteiger partial charge in [0.2, 0.25) is 15.9 Å². The molecule has 3 rings (SSSR count). The third-order valence-corrected chi connectivity index (χ3v) is 10.3.